The fraction of sp³-hybridized carbons (Fsp3) is 0.333. The lowest BCUT2D eigenvalue weighted by Gasteiger charge is -2.30. The first-order valence-corrected chi connectivity index (χ1v) is 9.71. The van der Waals surface area contributed by atoms with Crippen molar-refractivity contribution in [2.24, 2.45) is 0 Å². The molecule has 0 bridgehead atoms. The van der Waals surface area contributed by atoms with E-state index in [4.69, 9.17) is 0 Å². The van der Waals surface area contributed by atoms with Crippen molar-refractivity contribution in [3.05, 3.63) is 66.6 Å². The third-order valence-electron chi connectivity index (χ3n) is 4.97. The molecule has 1 saturated heterocycles. The number of rotatable bonds is 3. The number of hydrogen-bond acceptors (Lipinski definition) is 4. The van der Waals surface area contributed by atoms with E-state index in [2.05, 4.69) is 27.6 Å². The average Bonchev–Trinajstić information content (AvgIpc) is 2.74. The number of likely N-dealkylation sites (tertiary alicyclic amines) is 1. The van der Waals surface area contributed by atoms with Gasteiger partial charge in [-0.3, -0.25) is 9.78 Å². The Morgan fingerprint density at radius 2 is 1.97 bits per heavy atom. The Morgan fingerprint density at radius 3 is 2.63 bits per heavy atom. The number of hydrogen-bond donors (Lipinski definition) is 0. The molecule has 1 aliphatic heterocycles. The van der Waals surface area contributed by atoms with Crippen LogP contribution >= 0.6 is 0 Å². The van der Waals surface area contributed by atoms with Crippen LogP contribution in [0.2, 0.25) is 0 Å². The highest BCUT2D eigenvalue weighted by molar-refractivity contribution is 5.87. The molecule has 0 saturated carbocycles. The molecule has 3 heterocycles. The number of carbonyl (C=O) groups excluding carboxylic acids is 1. The van der Waals surface area contributed by atoms with Crippen LogP contribution < -0.4 is 0 Å². The lowest BCUT2D eigenvalue weighted by molar-refractivity contribution is -0.119. The molecule has 4 rings (SSSR count). The summed E-state index contributed by atoms with van der Waals surface area (Å²) in [6, 6.07) is 8.01. The van der Waals surface area contributed by atoms with Crippen LogP contribution in [0, 0.1) is 13.0 Å². The minimum Gasteiger partial charge on any atom is -0.345 e. The normalized spacial score (nSPS) is 15.6. The molecule has 1 aromatic carbocycles. The van der Waals surface area contributed by atoms with Crippen LogP contribution in [0.25, 0.3) is 22.0 Å². The predicted octanol–water partition coefficient (Wildman–Crippen LogP) is 5.30. The zero-order chi connectivity index (χ0) is 20.8. The van der Waals surface area contributed by atoms with Crippen molar-refractivity contribution >= 4 is 17.3 Å². The maximum absolute atomic E-state index is 13.7. The molecular formula is C24H29FN4O. The van der Waals surface area contributed by atoms with Crippen LogP contribution in [0.4, 0.5) is 4.39 Å². The summed E-state index contributed by atoms with van der Waals surface area (Å²) in [5, 5.41) is 0.794. The molecule has 0 N–H and O–H groups in total. The zero-order valence-corrected chi connectivity index (χ0v) is 16.8. The van der Waals surface area contributed by atoms with Crippen molar-refractivity contribution in [3.8, 4) is 11.1 Å². The molecule has 1 atom stereocenters. The summed E-state index contributed by atoms with van der Waals surface area (Å²) in [6.45, 7) is 8.59. The highest BCUT2D eigenvalue weighted by atomic mass is 19.1. The van der Waals surface area contributed by atoms with Crippen LogP contribution in [-0.4, -0.2) is 39.4 Å². The summed E-state index contributed by atoms with van der Waals surface area (Å²) in [7, 11) is 0. The zero-order valence-electron chi connectivity index (χ0n) is 16.8. The Hall–Kier alpha value is -3.15. The van der Waals surface area contributed by atoms with Crippen molar-refractivity contribution in [2.45, 2.75) is 40.0 Å². The summed E-state index contributed by atoms with van der Waals surface area (Å²) in [4.78, 5) is 25.1. The molecule has 30 heavy (non-hydrogen) atoms. The second-order valence-corrected chi connectivity index (χ2v) is 7.18. The van der Waals surface area contributed by atoms with E-state index in [1.165, 1.54) is 6.20 Å². The Balaban J connectivity index is 0.000000757. The van der Waals surface area contributed by atoms with Crippen molar-refractivity contribution < 1.29 is 9.18 Å². The first-order valence-electron chi connectivity index (χ1n) is 9.71. The Kier molecular flexibility index (Phi) is 8.16. The summed E-state index contributed by atoms with van der Waals surface area (Å²) in [5.41, 5.74) is 4.53. The van der Waals surface area contributed by atoms with Crippen LogP contribution in [-0.2, 0) is 4.79 Å². The van der Waals surface area contributed by atoms with Crippen LogP contribution in [0.3, 0.4) is 0 Å². The number of fused-ring (bicyclic) bond motifs is 1. The van der Waals surface area contributed by atoms with E-state index in [1.54, 1.807) is 11.0 Å². The molecule has 6 heteroatoms. The van der Waals surface area contributed by atoms with Gasteiger partial charge in [-0.1, -0.05) is 19.6 Å². The second-order valence-electron chi connectivity index (χ2n) is 7.18. The molecule has 1 amide bonds. The molecule has 1 fully saturated rings. The quantitative estimate of drug-likeness (QED) is 0.335. The number of pyridine rings is 1. The lowest BCUT2D eigenvalue weighted by Crippen LogP contribution is -2.33. The molecule has 2 aromatic heterocycles. The molecule has 1 unspecified atom stereocenters. The van der Waals surface area contributed by atoms with Gasteiger partial charge in [0.05, 0.1) is 5.52 Å². The molecule has 3 aromatic rings. The third kappa shape index (κ3) is 5.26. The smallest absolute Gasteiger partial charge is 0.309 e. The first kappa shape index (κ1) is 23.1. The van der Waals surface area contributed by atoms with E-state index in [0.29, 0.717) is 12.1 Å². The van der Waals surface area contributed by atoms with Crippen molar-refractivity contribution in [1.82, 2.24) is 19.9 Å². The van der Waals surface area contributed by atoms with Gasteiger partial charge >= 0.3 is 6.08 Å². The van der Waals surface area contributed by atoms with Crippen LogP contribution in [0.15, 0.2) is 49.3 Å². The van der Waals surface area contributed by atoms with E-state index in [-0.39, 0.29) is 13.3 Å². The fourth-order valence-corrected chi connectivity index (χ4v) is 3.62. The first-order chi connectivity index (χ1) is 14.0. The van der Waals surface area contributed by atoms with E-state index >= 15 is 0 Å². The van der Waals surface area contributed by atoms with Gasteiger partial charge in [0.1, 0.15) is 0 Å². The van der Waals surface area contributed by atoms with Crippen molar-refractivity contribution in [2.75, 3.05) is 13.1 Å². The number of nitrogens with zero attached hydrogens (tertiary/aromatic N) is 4. The van der Waals surface area contributed by atoms with Gasteiger partial charge in [0.15, 0.2) is 0 Å². The van der Waals surface area contributed by atoms with Gasteiger partial charge in [0.2, 0.25) is 6.41 Å². The van der Waals surface area contributed by atoms with Gasteiger partial charge in [-0.25, -0.2) is 9.97 Å². The van der Waals surface area contributed by atoms with Gasteiger partial charge in [-0.15, -0.1) is 6.58 Å². The highest BCUT2D eigenvalue weighted by Crippen LogP contribution is 2.34. The minimum atomic E-state index is -0.730. The van der Waals surface area contributed by atoms with Crippen molar-refractivity contribution in [3.63, 3.8) is 0 Å². The van der Waals surface area contributed by atoms with Crippen molar-refractivity contribution in [1.29, 1.82) is 0 Å². The van der Waals surface area contributed by atoms with Gasteiger partial charge in [-0.2, -0.15) is 4.39 Å². The predicted molar refractivity (Wildman–Crippen MR) is 120 cm³/mol. The van der Waals surface area contributed by atoms with E-state index in [1.807, 2.05) is 38.2 Å². The number of aromatic nitrogens is 3. The van der Waals surface area contributed by atoms with Gasteiger partial charge in [-0.05, 0) is 56.0 Å². The van der Waals surface area contributed by atoms with Crippen LogP contribution in [0.1, 0.15) is 44.4 Å². The fourth-order valence-electron chi connectivity index (χ4n) is 3.62. The number of piperidine rings is 1. The summed E-state index contributed by atoms with van der Waals surface area (Å²) in [5.74, 6) is 0.129. The molecule has 0 radical (unpaired) electrons. The second kappa shape index (κ2) is 10.6. The van der Waals surface area contributed by atoms with Gasteiger partial charge < -0.3 is 4.90 Å². The number of amides is 1. The Bertz CT molecular complexity index is 1000. The number of aryl methyl sites for hydroxylation is 1. The largest absolute Gasteiger partial charge is 0.345 e. The summed E-state index contributed by atoms with van der Waals surface area (Å²) >= 11 is 0. The molecule has 0 spiro atoms. The van der Waals surface area contributed by atoms with Gasteiger partial charge in [0.25, 0.3) is 0 Å². The number of halogens is 1. The average molecular weight is 409 g/mol. The summed E-state index contributed by atoms with van der Waals surface area (Å²) < 4.78 is 13.7. The van der Waals surface area contributed by atoms with E-state index < -0.39 is 6.08 Å². The van der Waals surface area contributed by atoms with E-state index in [0.717, 1.165) is 53.6 Å². The third-order valence-corrected chi connectivity index (χ3v) is 4.97. The maximum atomic E-state index is 13.7. The van der Waals surface area contributed by atoms with Crippen LogP contribution in [0.5, 0.6) is 0 Å². The standard InChI is InChI=1S/C20H19FN4O.C3H6.CH4/c1-13-4-5-14(9-22-13)16-7-17-10-23-20(21)24-19(17)18(8-16)15-3-2-6-25(11-15)12-26;1-3-2;/h4-5,7-10,12,15H,2-3,6,11H2,1H3;3H,1H2,2H3;1H4. The molecular weight excluding hydrogens is 379 g/mol. The number of carbonyl (C=O) groups is 1. The summed E-state index contributed by atoms with van der Waals surface area (Å²) in [6.07, 6.45) is 7.13. The molecule has 158 valence electrons. The number of benzene rings is 1. The highest BCUT2D eigenvalue weighted by Gasteiger charge is 2.23. The molecule has 1 aliphatic rings. The minimum absolute atomic E-state index is 0. The number of allylic oxidation sites excluding steroid dienone is 1. The van der Waals surface area contributed by atoms with Gasteiger partial charge in [0, 0.05) is 48.0 Å². The topological polar surface area (TPSA) is 59.0 Å². The maximum Gasteiger partial charge on any atom is 0.309 e. The Morgan fingerprint density at radius 1 is 1.20 bits per heavy atom. The monoisotopic (exact) mass is 408 g/mol. The SMILES string of the molecule is C.C=CC.Cc1ccc(-c2cc(C3CCCN(C=O)C3)c3nc(F)ncc3c2)cn1. The van der Waals surface area contributed by atoms with E-state index in [9.17, 15) is 9.18 Å². The lowest BCUT2D eigenvalue weighted by atomic mass is 9.87. The Labute approximate surface area is 177 Å². The molecule has 5 nitrogen and oxygen atoms in total. The molecule has 0 aliphatic carbocycles.